The lowest BCUT2D eigenvalue weighted by molar-refractivity contribution is -0.134. The Kier molecular flexibility index (Phi) is 8.12. The molecule has 1 aliphatic rings. The molecule has 0 bridgehead atoms. The monoisotopic (exact) mass is 618 g/mol. The summed E-state index contributed by atoms with van der Waals surface area (Å²) in [5.74, 6) is -2.65. The summed E-state index contributed by atoms with van der Waals surface area (Å²) >= 11 is 0. The van der Waals surface area contributed by atoms with Gasteiger partial charge in [-0.2, -0.15) is 4.98 Å². The van der Waals surface area contributed by atoms with Crippen LogP contribution >= 0.6 is 0 Å². The maximum absolute atomic E-state index is 14.4. The number of ether oxygens (including phenoxy) is 3. The van der Waals surface area contributed by atoms with Gasteiger partial charge in [0.25, 0.3) is 12.3 Å². The predicted molar refractivity (Wildman–Crippen MR) is 152 cm³/mol. The predicted octanol–water partition coefficient (Wildman–Crippen LogP) is 5.41. The normalized spacial score (nSPS) is 16.2. The fourth-order valence-corrected chi connectivity index (χ4v) is 4.55. The third kappa shape index (κ3) is 7.31. The summed E-state index contributed by atoms with van der Waals surface area (Å²) in [4.78, 5) is 14.4. The van der Waals surface area contributed by atoms with E-state index >= 15 is 0 Å². The van der Waals surface area contributed by atoms with Gasteiger partial charge in [-0.3, -0.25) is 9.88 Å². The van der Waals surface area contributed by atoms with E-state index in [-0.39, 0.29) is 35.5 Å². The molecular formula is C29H34F4N8O3. The number of pyridine rings is 1. The molecule has 0 unspecified atom stereocenters. The van der Waals surface area contributed by atoms with Crippen LogP contribution in [0.15, 0.2) is 30.6 Å². The zero-order valence-electron chi connectivity index (χ0n) is 25.5. The lowest BCUT2D eigenvalue weighted by atomic mass is 10.1. The van der Waals surface area contributed by atoms with E-state index in [1.54, 1.807) is 13.1 Å². The summed E-state index contributed by atoms with van der Waals surface area (Å²) in [6.45, 7) is 10.5. The van der Waals surface area contributed by atoms with E-state index in [4.69, 9.17) is 14.2 Å². The highest BCUT2D eigenvalue weighted by Gasteiger charge is 2.43. The molecule has 0 aromatic carbocycles. The van der Waals surface area contributed by atoms with Crippen molar-refractivity contribution in [1.82, 2.24) is 39.8 Å². The van der Waals surface area contributed by atoms with Crippen molar-refractivity contribution in [1.29, 1.82) is 0 Å². The summed E-state index contributed by atoms with van der Waals surface area (Å²) in [6.07, 6.45) is -1.82. The van der Waals surface area contributed by atoms with Crippen LogP contribution < -0.4 is 14.2 Å². The fourth-order valence-electron chi connectivity index (χ4n) is 4.55. The topological polar surface area (TPSA) is 113 Å². The van der Waals surface area contributed by atoms with Crippen LogP contribution in [0.25, 0.3) is 22.3 Å². The molecule has 0 N–H and O–H groups in total. The molecule has 0 aliphatic carbocycles. The van der Waals surface area contributed by atoms with Gasteiger partial charge in [-0.15, -0.1) is 15.3 Å². The van der Waals surface area contributed by atoms with E-state index in [0.29, 0.717) is 22.3 Å². The van der Waals surface area contributed by atoms with Crippen LogP contribution in [-0.2, 0) is 13.6 Å². The van der Waals surface area contributed by atoms with Crippen LogP contribution in [0.2, 0.25) is 0 Å². The van der Waals surface area contributed by atoms with Crippen molar-refractivity contribution in [3.05, 3.63) is 41.9 Å². The van der Waals surface area contributed by atoms with Crippen molar-refractivity contribution >= 4 is 11.0 Å². The van der Waals surface area contributed by atoms with E-state index in [0.717, 1.165) is 0 Å². The van der Waals surface area contributed by atoms with Crippen LogP contribution in [0.3, 0.4) is 0 Å². The average Bonchev–Trinajstić information content (AvgIpc) is 3.19. The molecule has 0 radical (unpaired) electrons. The molecule has 15 heteroatoms. The van der Waals surface area contributed by atoms with E-state index in [1.807, 2.05) is 41.5 Å². The van der Waals surface area contributed by atoms with Crippen molar-refractivity contribution in [2.75, 3.05) is 13.1 Å². The Labute approximate surface area is 251 Å². The second-order valence-electron chi connectivity index (χ2n) is 12.7. The number of alkyl halides is 4. The summed E-state index contributed by atoms with van der Waals surface area (Å²) in [5, 5.41) is 13.2. The molecule has 11 nitrogen and oxygen atoms in total. The number of likely N-dealkylation sites (tertiary alicyclic amines) is 1. The highest BCUT2D eigenvalue weighted by molar-refractivity contribution is 5.85. The van der Waals surface area contributed by atoms with Gasteiger partial charge in [0.1, 0.15) is 16.9 Å². The molecular weight excluding hydrogens is 584 g/mol. The van der Waals surface area contributed by atoms with Crippen molar-refractivity contribution in [3.8, 4) is 29.0 Å². The molecule has 4 aromatic rings. The van der Waals surface area contributed by atoms with Gasteiger partial charge >= 0.3 is 6.01 Å². The highest BCUT2D eigenvalue weighted by atomic mass is 19.3. The molecule has 1 saturated heterocycles. The number of hydrogen-bond donors (Lipinski definition) is 0. The minimum atomic E-state index is -2.94. The number of aryl methyl sites for hydroxylation is 1. The Morgan fingerprint density at radius 3 is 2.30 bits per heavy atom. The number of nitrogens with zero attached hydrogens (tertiary/aromatic N) is 8. The summed E-state index contributed by atoms with van der Waals surface area (Å²) in [6, 6.07) is 4.53. The number of fused-ring (bicyclic) bond motifs is 1. The van der Waals surface area contributed by atoms with Crippen LogP contribution in [-0.4, -0.2) is 76.5 Å². The highest BCUT2D eigenvalue weighted by Crippen LogP contribution is 2.36. The van der Waals surface area contributed by atoms with E-state index in [2.05, 4.69) is 30.2 Å². The van der Waals surface area contributed by atoms with Gasteiger partial charge in [-0.25, -0.2) is 27.2 Å². The lowest BCUT2D eigenvalue weighted by Crippen LogP contribution is -2.55. The summed E-state index contributed by atoms with van der Waals surface area (Å²) in [7, 11) is 1.59. The van der Waals surface area contributed by atoms with E-state index in [9.17, 15) is 17.6 Å². The zero-order valence-corrected chi connectivity index (χ0v) is 25.5. The number of halogens is 4. The Bertz CT molecular complexity index is 1640. The van der Waals surface area contributed by atoms with Gasteiger partial charge in [0.05, 0.1) is 29.7 Å². The molecule has 0 amide bonds. The molecule has 0 saturated carbocycles. The smallest absolute Gasteiger partial charge is 0.320 e. The maximum atomic E-state index is 14.4. The number of aromatic nitrogens is 7. The van der Waals surface area contributed by atoms with Gasteiger partial charge in [-0.05, 0) is 59.7 Å². The summed E-state index contributed by atoms with van der Waals surface area (Å²) < 4.78 is 74.4. The first-order valence-electron chi connectivity index (χ1n) is 13.9. The van der Waals surface area contributed by atoms with Crippen molar-refractivity contribution < 1.29 is 31.8 Å². The third-order valence-corrected chi connectivity index (χ3v) is 6.29. The third-order valence-electron chi connectivity index (χ3n) is 6.29. The van der Waals surface area contributed by atoms with Crippen LogP contribution in [0, 0.1) is 0 Å². The lowest BCUT2D eigenvalue weighted by Gasteiger charge is -2.38. The molecule has 4 aromatic heterocycles. The standard InChI is InChI=1S/C29H34F4N8O3/c1-27(2,3)43-24-19(12-35-26(36-24)44-28(4,5)6)20-11-18-23(38-37-20)40(7)39-25(18)42-21(22(30)31)16-8-9-34-17(10-16)13-41-14-29(32,33)15-41/h8-12,21-22H,13-15H2,1-7H3/t21-/m1/s1. The first-order chi connectivity index (χ1) is 20.5. The molecule has 1 fully saturated rings. The first-order valence-corrected chi connectivity index (χ1v) is 13.9. The van der Waals surface area contributed by atoms with Gasteiger partial charge in [-0.1, -0.05) is 0 Å². The van der Waals surface area contributed by atoms with Crippen LogP contribution in [0.4, 0.5) is 17.6 Å². The van der Waals surface area contributed by atoms with E-state index in [1.165, 1.54) is 34.1 Å². The average molecular weight is 619 g/mol. The molecule has 1 aliphatic heterocycles. The minimum absolute atomic E-state index is 0.100. The molecule has 0 spiro atoms. The summed E-state index contributed by atoms with van der Waals surface area (Å²) in [5.41, 5.74) is 0.291. The largest absolute Gasteiger partial charge is 0.471 e. The molecule has 44 heavy (non-hydrogen) atoms. The Balaban J connectivity index is 1.48. The molecule has 5 rings (SSSR count). The van der Waals surface area contributed by atoms with Gasteiger partial charge in [0, 0.05) is 31.5 Å². The Hall–Kier alpha value is -4.14. The minimum Gasteiger partial charge on any atom is -0.471 e. The van der Waals surface area contributed by atoms with Crippen molar-refractivity contribution in [3.63, 3.8) is 0 Å². The van der Waals surface area contributed by atoms with Crippen molar-refractivity contribution in [2.24, 2.45) is 7.05 Å². The van der Waals surface area contributed by atoms with Crippen LogP contribution in [0.1, 0.15) is 58.9 Å². The van der Waals surface area contributed by atoms with Crippen LogP contribution in [0.5, 0.6) is 17.8 Å². The first kappa shape index (κ1) is 31.3. The quantitative estimate of drug-likeness (QED) is 0.226. The molecule has 236 valence electrons. The number of rotatable bonds is 9. The Morgan fingerprint density at radius 1 is 0.955 bits per heavy atom. The maximum Gasteiger partial charge on any atom is 0.320 e. The second kappa shape index (κ2) is 11.4. The number of hydrogen-bond acceptors (Lipinski definition) is 10. The zero-order chi connectivity index (χ0) is 32.0. The van der Waals surface area contributed by atoms with E-state index < -0.39 is 42.7 Å². The fraction of sp³-hybridized carbons (Fsp3) is 0.517. The second-order valence-corrected chi connectivity index (χ2v) is 12.7. The van der Waals surface area contributed by atoms with Gasteiger partial charge in [0.15, 0.2) is 11.8 Å². The molecule has 5 heterocycles. The van der Waals surface area contributed by atoms with Gasteiger partial charge < -0.3 is 14.2 Å². The SMILES string of the molecule is Cn1nc(O[C@H](c2ccnc(CN3CC(F)(F)C3)c2)C(F)F)c2cc(-c3cnc(OC(C)(C)C)nc3OC(C)(C)C)nnc21. The van der Waals surface area contributed by atoms with Crippen molar-refractivity contribution in [2.45, 2.75) is 77.7 Å². The molecule has 1 atom stereocenters. The Morgan fingerprint density at radius 2 is 1.66 bits per heavy atom. The van der Waals surface area contributed by atoms with Gasteiger partial charge in [0.2, 0.25) is 11.8 Å².